The number of carbonyl (C=O) groups is 1. The Bertz CT molecular complexity index is 391. The van der Waals surface area contributed by atoms with Crippen LogP contribution in [0.2, 0.25) is 5.02 Å². The van der Waals surface area contributed by atoms with Gasteiger partial charge in [0, 0.05) is 0 Å². The number of benzene rings is 1. The molecule has 4 heteroatoms. The fourth-order valence-corrected chi connectivity index (χ4v) is 1.26. The minimum absolute atomic E-state index is 0.147. The quantitative estimate of drug-likeness (QED) is 0.654. The van der Waals surface area contributed by atoms with Crippen molar-refractivity contribution in [2.45, 2.75) is 26.9 Å². The van der Waals surface area contributed by atoms with Crippen molar-refractivity contribution in [3.8, 4) is 0 Å². The summed E-state index contributed by atoms with van der Waals surface area (Å²) in [6.07, 6.45) is -0.147. The van der Waals surface area contributed by atoms with Crippen LogP contribution in [0.25, 0.3) is 0 Å². The van der Waals surface area contributed by atoms with Gasteiger partial charge in [-0.3, -0.25) is 0 Å². The second kappa shape index (κ2) is 5.21. The molecule has 2 N–H and O–H groups in total. The molecule has 88 valence electrons. The average Bonchev–Trinajstić information content (AvgIpc) is 2.21. The fourth-order valence-electron chi connectivity index (χ4n) is 1.08. The van der Waals surface area contributed by atoms with Crippen LogP contribution in [0.15, 0.2) is 18.2 Å². The highest BCUT2D eigenvalue weighted by Crippen LogP contribution is 2.23. The maximum Gasteiger partial charge on any atom is 0.340 e. The van der Waals surface area contributed by atoms with Crippen LogP contribution in [0.4, 0.5) is 5.69 Å². The molecule has 3 nitrogen and oxygen atoms in total. The topological polar surface area (TPSA) is 52.3 Å². The predicted octanol–water partition coefficient (Wildman–Crippen LogP) is 3.12. The maximum absolute atomic E-state index is 11.8. The Morgan fingerprint density at radius 2 is 2.00 bits per heavy atom. The SMILES string of the molecule is CC(C)C(C)OC(=O)c1cccc(Cl)c1N. The van der Waals surface area contributed by atoms with Crippen molar-refractivity contribution in [3.05, 3.63) is 28.8 Å². The molecule has 1 rings (SSSR count). The molecular formula is C12H16ClNO2. The number of carbonyl (C=O) groups excluding carboxylic acids is 1. The first-order valence-electron chi connectivity index (χ1n) is 5.18. The number of nitrogens with two attached hydrogens (primary N) is 1. The van der Waals surface area contributed by atoms with Gasteiger partial charge in [0.15, 0.2) is 0 Å². The van der Waals surface area contributed by atoms with E-state index in [0.717, 1.165) is 0 Å². The molecule has 0 saturated carbocycles. The third-order valence-electron chi connectivity index (χ3n) is 2.50. The molecule has 0 fully saturated rings. The number of ether oxygens (including phenoxy) is 1. The second-order valence-corrected chi connectivity index (χ2v) is 4.46. The Balaban J connectivity index is 2.85. The summed E-state index contributed by atoms with van der Waals surface area (Å²) in [6, 6.07) is 4.92. The Morgan fingerprint density at radius 3 is 2.56 bits per heavy atom. The highest BCUT2D eigenvalue weighted by Gasteiger charge is 2.17. The minimum Gasteiger partial charge on any atom is -0.459 e. The van der Waals surface area contributed by atoms with Crippen LogP contribution >= 0.6 is 11.6 Å². The van der Waals surface area contributed by atoms with E-state index in [1.54, 1.807) is 18.2 Å². The van der Waals surface area contributed by atoms with E-state index in [2.05, 4.69) is 0 Å². The zero-order chi connectivity index (χ0) is 12.3. The molecule has 0 heterocycles. The van der Waals surface area contributed by atoms with Crippen LogP contribution in [0.1, 0.15) is 31.1 Å². The summed E-state index contributed by atoms with van der Waals surface area (Å²) in [5.41, 5.74) is 6.29. The molecule has 0 radical (unpaired) electrons. The Kier molecular flexibility index (Phi) is 4.19. The molecule has 0 spiro atoms. The number of hydrogen-bond acceptors (Lipinski definition) is 3. The molecule has 0 bridgehead atoms. The van der Waals surface area contributed by atoms with Crippen molar-refractivity contribution in [1.82, 2.24) is 0 Å². The van der Waals surface area contributed by atoms with Gasteiger partial charge in [-0.2, -0.15) is 0 Å². The van der Waals surface area contributed by atoms with Crippen LogP contribution < -0.4 is 5.73 Å². The van der Waals surface area contributed by atoms with Gasteiger partial charge in [0.05, 0.1) is 16.3 Å². The first-order valence-corrected chi connectivity index (χ1v) is 5.56. The van der Waals surface area contributed by atoms with E-state index in [0.29, 0.717) is 10.6 Å². The molecule has 16 heavy (non-hydrogen) atoms. The van der Waals surface area contributed by atoms with Crippen LogP contribution in [-0.2, 0) is 4.74 Å². The maximum atomic E-state index is 11.8. The van der Waals surface area contributed by atoms with Crippen molar-refractivity contribution in [2.24, 2.45) is 5.92 Å². The first kappa shape index (κ1) is 12.8. The number of esters is 1. The predicted molar refractivity (Wildman–Crippen MR) is 65.6 cm³/mol. The van der Waals surface area contributed by atoms with Gasteiger partial charge in [0.2, 0.25) is 0 Å². The van der Waals surface area contributed by atoms with Gasteiger partial charge in [0.25, 0.3) is 0 Å². The average molecular weight is 242 g/mol. The van der Waals surface area contributed by atoms with Crippen molar-refractivity contribution < 1.29 is 9.53 Å². The lowest BCUT2D eigenvalue weighted by molar-refractivity contribution is 0.0239. The number of rotatable bonds is 3. The van der Waals surface area contributed by atoms with Crippen molar-refractivity contribution in [1.29, 1.82) is 0 Å². The molecule has 1 unspecified atom stereocenters. The Labute approximate surface area is 101 Å². The molecule has 1 aromatic carbocycles. The lowest BCUT2D eigenvalue weighted by Gasteiger charge is -2.17. The van der Waals surface area contributed by atoms with E-state index in [1.807, 2.05) is 20.8 Å². The Hall–Kier alpha value is -1.22. The van der Waals surface area contributed by atoms with E-state index >= 15 is 0 Å². The van der Waals surface area contributed by atoms with E-state index in [9.17, 15) is 4.79 Å². The van der Waals surface area contributed by atoms with Crippen LogP contribution in [0, 0.1) is 5.92 Å². The summed E-state index contributed by atoms with van der Waals surface area (Å²) in [6.45, 7) is 5.82. The van der Waals surface area contributed by atoms with E-state index in [-0.39, 0.29) is 17.7 Å². The Morgan fingerprint density at radius 1 is 1.38 bits per heavy atom. The summed E-state index contributed by atoms with van der Waals surface area (Å²) in [7, 11) is 0. The zero-order valence-corrected chi connectivity index (χ0v) is 10.4. The van der Waals surface area contributed by atoms with Crippen LogP contribution in [0.5, 0.6) is 0 Å². The second-order valence-electron chi connectivity index (χ2n) is 4.06. The van der Waals surface area contributed by atoms with Gasteiger partial charge in [-0.05, 0) is 25.0 Å². The summed E-state index contributed by atoms with van der Waals surface area (Å²) in [5.74, 6) is -0.162. The fraction of sp³-hybridized carbons (Fsp3) is 0.417. The highest BCUT2D eigenvalue weighted by molar-refractivity contribution is 6.33. The minimum atomic E-state index is -0.429. The molecule has 0 amide bonds. The van der Waals surface area contributed by atoms with Crippen LogP contribution in [0.3, 0.4) is 0 Å². The van der Waals surface area contributed by atoms with Gasteiger partial charge in [0.1, 0.15) is 6.10 Å². The van der Waals surface area contributed by atoms with Gasteiger partial charge < -0.3 is 10.5 Å². The summed E-state index contributed by atoms with van der Waals surface area (Å²) in [5, 5.41) is 0.367. The number of hydrogen-bond donors (Lipinski definition) is 1. The monoisotopic (exact) mass is 241 g/mol. The third kappa shape index (κ3) is 2.89. The summed E-state index contributed by atoms with van der Waals surface area (Å²) < 4.78 is 5.26. The highest BCUT2D eigenvalue weighted by atomic mass is 35.5. The number of nitrogen functional groups attached to an aromatic ring is 1. The standard InChI is InChI=1S/C12H16ClNO2/c1-7(2)8(3)16-12(15)9-5-4-6-10(13)11(9)14/h4-8H,14H2,1-3H3. The molecule has 0 aliphatic rings. The van der Waals surface area contributed by atoms with Crippen molar-refractivity contribution in [2.75, 3.05) is 5.73 Å². The van der Waals surface area contributed by atoms with Gasteiger partial charge in [-0.1, -0.05) is 31.5 Å². The lowest BCUT2D eigenvalue weighted by atomic mass is 10.1. The molecule has 0 aliphatic carbocycles. The first-order chi connectivity index (χ1) is 7.43. The van der Waals surface area contributed by atoms with Gasteiger partial charge >= 0.3 is 5.97 Å². The van der Waals surface area contributed by atoms with E-state index < -0.39 is 5.97 Å². The summed E-state index contributed by atoms with van der Waals surface area (Å²) >= 11 is 5.82. The molecule has 1 aromatic rings. The molecule has 0 aliphatic heterocycles. The number of anilines is 1. The lowest BCUT2D eigenvalue weighted by Crippen LogP contribution is -2.21. The zero-order valence-electron chi connectivity index (χ0n) is 9.66. The van der Waals surface area contributed by atoms with Crippen LogP contribution in [-0.4, -0.2) is 12.1 Å². The molecular weight excluding hydrogens is 226 g/mol. The van der Waals surface area contributed by atoms with Crippen molar-refractivity contribution in [3.63, 3.8) is 0 Å². The van der Waals surface area contributed by atoms with Gasteiger partial charge in [-0.25, -0.2) is 4.79 Å². The van der Waals surface area contributed by atoms with Crippen molar-refractivity contribution >= 4 is 23.3 Å². The normalized spacial score (nSPS) is 12.6. The third-order valence-corrected chi connectivity index (χ3v) is 2.83. The molecule has 1 atom stereocenters. The number of halogens is 1. The van der Waals surface area contributed by atoms with E-state index in [4.69, 9.17) is 22.1 Å². The van der Waals surface area contributed by atoms with Gasteiger partial charge in [-0.15, -0.1) is 0 Å². The molecule has 0 aromatic heterocycles. The largest absolute Gasteiger partial charge is 0.459 e. The molecule has 0 saturated heterocycles. The summed E-state index contributed by atoms with van der Waals surface area (Å²) in [4.78, 5) is 11.8. The number of para-hydroxylation sites is 1. The smallest absolute Gasteiger partial charge is 0.340 e. The van der Waals surface area contributed by atoms with E-state index in [1.165, 1.54) is 0 Å².